The van der Waals surface area contributed by atoms with E-state index < -0.39 is 0 Å². The Labute approximate surface area is 105 Å². The van der Waals surface area contributed by atoms with Crippen LogP contribution in [-0.2, 0) is 4.74 Å². The summed E-state index contributed by atoms with van der Waals surface area (Å²) in [6.07, 6.45) is 5.58. The minimum atomic E-state index is -0.234. The zero-order chi connectivity index (χ0) is 12.5. The maximum atomic E-state index is 10.8. The van der Waals surface area contributed by atoms with E-state index in [2.05, 4.69) is 25.9 Å². The van der Waals surface area contributed by atoms with Crippen molar-refractivity contribution in [1.82, 2.24) is 4.90 Å². The lowest BCUT2D eigenvalue weighted by atomic mass is 9.69. The topological polar surface area (TPSA) is 32.7 Å². The minimum Gasteiger partial charge on any atom is -0.391 e. The molecule has 0 amide bonds. The van der Waals surface area contributed by atoms with Gasteiger partial charge in [0.05, 0.1) is 12.7 Å². The third-order valence-electron chi connectivity index (χ3n) is 4.86. The van der Waals surface area contributed by atoms with Crippen LogP contribution in [0.25, 0.3) is 0 Å². The van der Waals surface area contributed by atoms with Crippen molar-refractivity contribution in [2.24, 2.45) is 11.8 Å². The fourth-order valence-corrected chi connectivity index (χ4v) is 3.74. The SMILES string of the molecule is CC1CCCC(C(O)C2CCOC2)(N(C)C)C1. The van der Waals surface area contributed by atoms with Crippen molar-refractivity contribution in [2.75, 3.05) is 27.3 Å². The summed E-state index contributed by atoms with van der Waals surface area (Å²) in [5, 5.41) is 10.8. The molecule has 100 valence electrons. The zero-order valence-electron chi connectivity index (χ0n) is 11.5. The van der Waals surface area contributed by atoms with Gasteiger partial charge in [-0.15, -0.1) is 0 Å². The van der Waals surface area contributed by atoms with Crippen LogP contribution in [0.3, 0.4) is 0 Å². The number of hydrogen-bond acceptors (Lipinski definition) is 3. The fourth-order valence-electron chi connectivity index (χ4n) is 3.74. The summed E-state index contributed by atoms with van der Waals surface area (Å²) in [6, 6.07) is 0. The first-order valence-corrected chi connectivity index (χ1v) is 6.99. The van der Waals surface area contributed by atoms with Gasteiger partial charge >= 0.3 is 0 Å². The zero-order valence-corrected chi connectivity index (χ0v) is 11.5. The third-order valence-corrected chi connectivity index (χ3v) is 4.86. The van der Waals surface area contributed by atoms with Gasteiger partial charge in [-0.2, -0.15) is 0 Å². The summed E-state index contributed by atoms with van der Waals surface area (Å²) in [4.78, 5) is 2.27. The molecule has 0 radical (unpaired) electrons. The lowest BCUT2D eigenvalue weighted by Crippen LogP contribution is -2.58. The third kappa shape index (κ3) is 2.51. The number of aliphatic hydroxyl groups is 1. The molecule has 2 rings (SSSR count). The van der Waals surface area contributed by atoms with Gasteiger partial charge in [-0.3, -0.25) is 0 Å². The van der Waals surface area contributed by atoms with Crippen LogP contribution in [0.5, 0.6) is 0 Å². The molecule has 17 heavy (non-hydrogen) atoms. The van der Waals surface area contributed by atoms with E-state index in [4.69, 9.17) is 4.74 Å². The van der Waals surface area contributed by atoms with Gasteiger partial charge in [0.15, 0.2) is 0 Å². The standard InChI is InChI=1S/C14H27NO2/c1-11-5-4-7-14(9-11,15(2)3)13(16)12-6-8-17-10-12/h11-13,16H,4-10H2,1-3H3. The Morgan fingerprint density at radius 2 is 2.12 bits per heavy atom. The van der Waals surface area contributed by atoms with Gasteiger partial charge in [0.25, 0.3) is 0 Å². The maximum Gasteiger partial charge on any atom is 0.0774 e. The Morgan fingerprint density at radius 3 is 2.65 bits per heavy atom. The molecule has 1 saturated heterocycles. The summed E-state index contributed by atoms with van der Waals surface area (Å²) >= 11 is 0. The summed E-state index contributed by atoms with van der Waals surface area (Å²) < 4.78 is 5.44. The Balaban J connectivity index is 2.14. The average molecular weight is 241 g/mol. The monoisotopic (exact) mass is 241 g/mol. The molecule has 1 saturated carbocycles. The molecule has 4 unspecified atom stereocenters. The average Bonchev–Trinajstić information content (AvgIpc) is 2.81. The molecule has 3 nitrogen and oxygen atoms in total. The molecule has 3 heteroatoms. The van der Waals surface area contributed by atoms with Crippen molar-refractivity contribution in [2.45, 2.75) is 50.7 Å². The number of nitrogens with zero attached hydrogens (tertiary/aromatic N) is 1. The molecule has 1 N–H and O–H groups in total. The maximum absolute atomic E-state index is 10.8. The van der Waals surface area contributed by atoms with Crippen LogP contribution in [0.2, 0.25) is 0 Å². The first-order valence-electron chi connectivity index (χ1n) is 6.99. The van der Waals surface area contributed by atoms with Crippen LogP contribution in [0.15, 0.2) is 0 Å². The molecule has 0 aromatic rings. The number of likely N-dealkylation sites (N-methyl/N-ethyl adjacent to an activating group) is 1. The highest BCUT2D eigenvalue weighted by Crippen LogP contribution is 2.41. The molecule has 0 aromatic heterocycles. The van der Waals surface area contributed by atoms with Crippen molar-refractivity contribution >= 4 is 0 Å². The van der Waals surface area contributed by atoms with Gasteiger partial charge in [0, 0.05) is 18.1 Å². The largest absolute Gasteiger partial charge is 0.391 e. The van der Waals surface area contributed by atoms with E-state index in [0.717, 1.165) is 38.4 Å². The smallest absolute Gasteiger partial charge is 0.0774 e. The predicted octanol–water partition coefficient (Wildman–Crippen LogP) is 1.89. The van der Waals surface area contributed by atoms with Crippen molar-refractivity contribution in [1.29, 1.82) is 0 Å². The molecule has 0 spiro atoms. The van der Waals surface area contributed by atoms with Gasteiger partial charge in [-0.05, 0) is 39.3 Å². The molecule has 1 aliphatic heterocycles. The van der Waals surface area contributed by atoms with E-state index in [9.17, 15) is 5.11 Å². The second-order valence-electron chi connectivity index (χ2n) is 6.27. The highest BCUT2D eigenvalue weighted by Gasteiger charge is 2.46. The molecular weight excluding hydrogens is 214 g/mol. The molecule has 1 heterocycles. The van der Waals surface area contributed by atoms with E-state index in [-0.39, 0.29) is 11.6 Å². The van der Waals surface area contributed by atoms with Crippen LogP contribution in [0, 0.1) is 11.8 Å². The van der Waals surface area contributed by atoms with Crippen LogP contribution in [0.4, 0.5) is 0 Å². The highest BCUT2D eigenvalue weighted by molar-refractivity contribution is 5.01. The lowest BCUT2D eigenvalue weighted by molar-refractivity contribution is -0.0720. The van der Waals surface area contributed by atoms with Gasteiger partial charge in [0.1, 0.15) is 0 Å². The first kappa shape index (κ1) is 13.3. The van der Waals surface area contributed by atoms with Gasteiger partial charge < -0.3 is 14.7 Å². The molecule has 1 aliphatic carbocycles. The van der Waals surface area contributed by atoms with Crippen LogP contribution < -0.4 is 0 Å². The number of rotatable bonds is 3. The van der Waals surface area contributed by atoms with E-state index >= 15 is 0 Å². The van der Waals surface area contributed by atoms with Crippen LogP contribution in [0.1, 0.15) is 39.0 Å². The summed E-state index contributed by atoms with van der Waals surface area (Å²) in [5.74, 6) is 1.06. The second kappa shape index (κ2) is 5.25. The molecule has 2 fully saturated rings. The van der Waals surface area contributed by atoms with Gasteiger partial charge in [-0.25, -0.2) is 0 Å². The van der Waals surface area contributed by atoms with E-state index in [1.165, 1.54) is 12.8 Å². The van der Waals surface area contributed by atoms with E-state index in [1.807, 2.05) is 0 Å². The van der Waals surface area contributed by atoms with Crippen LogP contribution >= 0.6 is 0 Å². The Morgan fingerprint density at radius 1 is 1.35 bits per heavy atom. The second-order valence-corrected chi connectivity index (χ2v) is 6.27. The number of ether oxygens (including phenoxy) is 1. The molecule has 4 atom stereocenters. The van der Waals surface area contributed by atoms with Crippen molar-refractivity contribution in [3.63, 3.8) is 0 Å². The highest BCUT2D eigenvalue weighted by atomic mass is 16.5. The number of aliphatic hydroxyl groups excluding tert-OH is 1. The molecule has 2 aliphatic rings. The minimum absolute atomic E-state index is 0.0178. The first-order chi connectivity index (χ1) is 8.06. The molecule has 0 bridgehead atoms. The molecule has 0 aromatic carbocycles. The quantitative estimate of drug-likeness (QED) is 0.819. The summed E-state index contributed by atoms with van der Waals surface area (Å²) in [6.45, 7) is 3.88. The Bertz CT molecular complexity index is 251. The lowest BCUT2D eigenvalue weighted by Gasteiger charge is -2.49. The van der Waals surface area contributed by atoms with Crippen molar-refractivity contribution in [3.8, 4) is 0 Å². The Hall–Kier alpha value is -0.120. The van der Waals surface area contributed by atoms with Crippen LogP contribution in [-0.4, -0.2) is 49.0 Å². The van der Waals surface area contributed by atoms with Crippen molar-refractivity contribution in [3.05, 3.63) is 0 Å². The normalized spacial score (nSPS) is 40.8. The Kier molecular flexibility index (Phi) is 4.11. The van der Waals surface area contributed by atoms with Gasteiger partial charge in [0.2, 0.25) is 0 Å². The van der Waals surface area contributed by atoms with E-state index in [0.29, 0.717) is 5.92 Å². The predicted molar refractivity (Wildman–Crippen MR) is 69.0 cm³/mol. The van der Waals surface area contributed by atoms with Crippen molar-refractivity contribution < 1.29 is 9.84 Å². The van der Waals surface area contributed by atoms with Gasteiger partial charge in [-0.1, -0.05) is 19.8 Å². The molecular formula is C14H27NO2. The number of hydrogen-bond donors (Lipinski definition) is 1. The summed E-state index contributed by atoms with van der Waals surface area (Å²) in [5.41, 5.74) is -0.0178. The summed E-state index contributed by atoms with van der Waals surface area (Å²) in [7, 11) is 4.24. The fraction of sp³-hybridized carbons (Fsp3) is 1.00. The van der Waals surface area contributed by atoms with E-state index in [1.54, 1.807) is 0 Å².